The highest BCUT2D eigenvalue weighted by atomic mass is 16.5. The molecule has 112 valence electrons. The van der Waals surface area contributed by atoms with E-state index in [0.717, 1.165) is 27.9 Å². The fraction of sp³-hybridized carbons (Fsp3) is 0.167. The van der Waals surface area contributed by atoms with Crippen molar-refractivity contribution in [3.63, 3.8) is 0 Å². The Labute approximate surface area is 128 Å². The van der Waals surface area contributed by atoms with Gasteiger partial charge in [0.1, 0.15) is 19.0 Å². The van der Waals surface area contributed by atoms with E-state index in [1.54, 1.807) is 0 Å². The molecule has 1 aromatic heterocycles. The van der Waals surface area contributed by atoms with Crippen molar-refractivity contribution in [2.24, 2.45) is 0 Å². The Morgan fingerprint density at radius 2 is 1.86 bits per heavy atom. The molecule has 0 atom stereocenters. The summed E-state index contributed by atoms with van der Waals surface area (Å²) in [6, 6.07) is 17.9. The van der Waals surface area contributed by atoms with Crippen LogP contribution in [-0.2, 0) is 22.7 Å². The highest BCUT2D eigenvalue weighted by Crippen LogP contribution is 2.22. The largest absolute Gasteiger partial charge is 0.489 e. The summed E-state index contributed by atoms with van der Waals surface area (Å²) < 4.78 is 10.8. The van der Waals surface area contributed by atoms with Gasteiger partial charge in [-0.25, -0.2) is 0 Å². The van der Waals surface area contributed by atoms with E-state index in [9.17, 15) is 4.79 Å². The minimum Gasteiger partial charge on any atom is -0.489 e. The maximum absolute atomic E-state index is 10.9. The second-order valence-corrected chi connectivity index (χ2v) is 5.10. The summed E-state index contributed by atoms with van der Waals surface area (Å²) >= 11 is 0. The molecule has 0 spiro atoms. The van der Waals surface area contributed by atoms with E-state index in [-0.39, 0.29) is 12.6 Å². The molecular weight excluding hydrogens is 278 g/mol. The molecule has 0 amide bonds. The van der Waals surface area contributed by atoms with E-state index < -0.39 is 0 Å². The van der Waals surface area contributed by atoms with Crippen molar-refractivity contribution in [1.29, 1.82) is 0 Å². The molecule has 3 rings (SSSR count). The number of esters is 1. The molecule has 0 radical (unpaired) electrons. The van der Waals surface area contributed by atoms with E-state index in [0.29, 0.717) is 6.61 Å². The zero-order chi connectivity index (χ0) is 15.4. The smallest absolute Gasteiger partial charge is 0.303 e. The lowest BCUT2D eigenvalue weighted by atomic mass is 10.2. The lowest BCUT2D eigenvalue weighted by Crippen LogP contribution is -1.98. The molecule has 4 nitrogen and oxygen atoms in total. The molecule has 3 aromatic rings. The van der Waals surface area contributed by atoms with Gasteiger partial charge in [-0.05, 0) is 29.8 Å². The number of benzene rings is 2. The molecule has 0 saturated heterocycles. The van der Waals surface area contributed by atoms with Gasteiger partial charge in [0, 0.05) is 17.8 Å². The maximum Gasteiger partial charge on any atom is 0.303 e. The van der Waals surface area contributed by atoms with Gasteiger partial charge in [0.05, 0.1) is 5.69 Å². The van der Waals surface area contributed by atoms with Gasteiger partial charge in [-0.3, -0.25) is 4.79 Å². The van der Waals surface area contributed by atoms with Crippen LogP contribution in [0.15, 0.2) is 54.6 Å². The highest BCUT2D eigenvalue weighted by Gasteiger charge is 2.04. The van der Waals surface area contributed by atoms with Gasteiger partial charge in [-0.15, -0.1) is 0 Å². The first-order valence-corrected chi connectivity index (χ1v) is 7.12. The van der Waals surface area contributed by atoms with Gasteiger partial charge in [0.15, 0.2) is 0 Å². The van der Waals surface area contributed by atoms with E-state index in [1.807, 2.05) is 54.6 Å². The van der Waals surface area contributed by atoms with E-state index in [1.165, 1.54) is 6.92 Å². The first kappa shape index (κ1) is 14.2. The van der Waals surface area contributed by atoms with E-state index in [2.05, 4.69) is 4.98 Å². The number of carbonyl (C=O) groups excluding carboxylic acids is 1. The van der Waals surface area contributed by atoms with Crippen LogP contribution in [0.25, 0.3) is 10.9 Å². The van der Waals surface area contributed by atoms with Crippen LogP contribution in [0.5, 0.6) is 5.75 Å². The van der Waals surface area contributed by atoms with Crippen LogP contribution in [0.3, 0.4) is 0 Å². The van der Waals surface area contributed by atoms with Crippen LogP contribution in [0.1, 0.15) is 18.2 Å². The number of nitrogens with one attached hydrogen (secondary N) is 1. The third-order valence-corrected chi connectivity index (χ3v) is 3.33. The van der Waals surface area contributed by atoms with Crippen LogP contribution >= 0.6 is 0 Å². The summed E-state index contributed by atoms with van der Waals surface area (Å²) in [4.78, 5) is 14.1. The molecule has 2 aromatic carbocycles. The molecule has 0 fully saturated rings. The number of rotatable bonds is 5. The van der Waals surface area contributed by atoms with Crippen molar-refractivity contribution >= 4 is 16.9 Å². The van der Waals surface area contributed by atoms with Gasteiger partial charge < -0.3 is 14.5 Å². The van der Waals surface area contributed by atoms with Gasteiger partial charge in [-0.2, -0.15) is 0 Å². The summed E-state index contributed by atoms with van der Waals surface area (Å²) in [5, 5.41) is 1.03. The number of hydrogen-bond acceptors (Lipinski definition) is 3. The first-order chi connectivity index (χ1) is 10.7. The fourth-order valence-corrected chi connectivity index (χ4v) is 2.26. The van der Waals surface area contributed by atoms with Gasteiger partial charge in [-0.1, -0.05) is 30.3 Å². The Bertz CT molecular complexity index is 777. The molecule has 1 N–H and O–H groups in total. The molecular formula is C18H17NO3. The number of aromatic amines is 1. The number of hydrogen-bond donors (Lipinski definition) is 1. The highest BCUT2D eigenvalue weighted by molar-refractivity contribution is 5.82. The van der Waals surface area contributed by atoms with Crippen LogP contribution in [-0.4, -0.2) is 11.0 Å². The van der Waals surface area contributed by atoms with Crippen LogP contribution < -0.4 is 4.74 Å². The van der Waals surface area contributed by atoms with Crippen molar-refractivity contribution in [3.8, 4) is 5.75 Å². The second kappa shape index (κ2) is 6.35. The minimum absolute atomic E-state index is 0.254. The SMILES string of the molecule is CC(=O)OCc1cc2cc(OCc3ccccc3)ccc2[nH]1. The summed E-state index contributed by atoms with van der Waals surface area (Å²) in [5.41, 5.74) is 2.99. The Morgan fingerprint density at radius 3 is 2.64 bits per heavy atom. The van der Waals surface area contributed by atoms with Gasteiger partial charge >= 0.3 is 5.97 Å². The average molecular weight is 295 g/mol. The molecule has 0 saturated carbocycles. The Morgan fingerprint density at radius 1 is 1.05 bits per heavy atom. The van der Waals surface area contributed by atoms with Crippen molar-refractivity contribution in [1.82, 2.24) is 4.98 Å². The molecule has 0 aliphatic rings. The monoisotopic (exact) mass is 295 g/mol. The molecule has 0 bridgehead atoms. The predicted molar refractivity (Wildman–Crippen MR) is 84.5 cm³/mol. The normalized spacial score (nSPS) is 10.6. The molecule has 4 heteroatoms. The summed E-state index contributed by atoms with van der Waals surface area (Å²) in [6.45, 7) is 2.19. The summed E-state index contributed by atoms with van der Waals surface area (Å²) in [5.74, 6) is 0.528. The van der Waals surface area contributed by atoms with Crippen molar-refractivity contribution in [2.45, 2.75) is 20.1 Å². The second-order valence-electron chi connectivity index (χ2n) is 5.10. The maximum atomic E-state index is 10.9. The number of aromatic nitrogens is 1. The van der Waals surface area contributed by atoms with Crippen LogP contribution in [0.2, 0.25) is 0 Å². The zero-order valence-electron chi connectivity index (χ0n) is 12.3. The number of H-pyrrole nitrogens is 1. The third kappa shape index (κ3) is 3.47. The molecule has 0 unspecified atom stereocenters. The summed E-state index contributed by atoms with van der Waals surface area (Å²) in [6.07, 6.45) is 0. The lowest BCUT2D eigenvalue weighted by Gasteiger charge is -2.06. The lowest BCUT2D eigenvalue weighted by molar-refractivity contribution is -0.142. The van der Waals surface area contributed by atoms with Crippen molar-refractivity contribution in [3.05, 3.63) is 65.9 Å². The van der Waals surface area contributed by atoms with Gasteiger partial charge in [0.2, 0.25) is 0 Å². The molecule has 0 aliphatic heterocycles. The average Bonchev–Trinajstić information content (AvgIpc) is 2.94. The quantitative estimate of drug-likeness (QED) is 0.728. The van der Waals surface area contributed by atoms with Crippen LogP contribution in [0, 0.1) is 0 Å². The minimum atomic E-state index is -0.287. The predicted octanol–water partition coefficient (Wildman–Crippen LogP) is 3.81. The van der Waals surface area contributed by atoms with Gasteiger partial charge in [0.25, 0.3) is 0 Å². The Hall–Kier alpha value is -2.75. The fourth-order valence-electron chi connectivity index (χ4n) is 2.26. The Kier molecular flexibility index (Phi) is 4.10. The summed E-state index contributed by atoms with van der Waals surface area (Å²) in [7, 11) is 0. The first-order valence-electron chi connectivity index (χ1n) is 7.12. The van der Waals surface area contributed by atoms with Crippen LogP contribution in [0.4, 0.5) is 0 Å². The zero-order valence-corrected chi connectivity index (χ0v) is 12.3. The topological polar surface area (TPSA) is 51.3 Å². The van der Waals surface area contributed by atoms with Crippen molar-refractivity contribution < 1.29 is 14.3 Å². The third-order valence-electron chi connectivity index (χ3n) is 3.33. The molecule has 1 heterocycles. The number of carbonyl (C=O) groups is 1. The standard InChI is InChI=1S/C18H17NO3/c1-13(20)21-12-16-9-15-10-17(7-8-18(15)19-16)22-11-14-5-3-2-4-6-14/h2-10,19H,11-12H2,1H3. The van der Waals surface area contributed by atoms with E-state index >= 15 is 0 Å². The molecule has 22 heavy (non-hydrogen) atoms. The number of ether oxygens (including phenoxy) is 2. The van der Waals surface area contributed by atoms with E-state index in [4.69, 9.17) is 9.47 Å². The number of fused-ring (bicyclic) bond motifs is 1. The molecule has 0 aliphatic carbocycles. The Balaban J connectivity index is 1.70. The van der Waals surface area contributed by atoms with Crippen molar-refractivity contribution in [2.75, 3.05) is 0 Å².